The molecule has 3 rings (SSSR count). The maximum atomic E-state index is 9.65. The van der Waals surface area contributed by atoms with Crippen LogP contribution in [0, 0.1) is 0 Å². The zero-order valence-electron chi connectivity index (χ0n) is 12.7. The predicted octanol–water partition coefficient (Wildman–Crippen LogP) is 4.43. The van der Waals surface area contributed by atoms with Gasteiger partial charge in [-0.15, -0.1) is 0 Å². The number of hydrogen-bond donors (Lipinski definition) is 2. The van der Waals surface area contributed by atoms with Gasteiger partial charge in [0.1, 0.15) is 12.4 Å². The van der Waals surface area contributed by atoms with Crippen molar-refractivity contribution in [1.82, 2.24) is 5.32 Å². The highest BCUT2D eigenvalue weighted by Gasteiger charge is 2.21. The largest absolute Gasteiger partial charge is 0.488 e. The molecule has 0 bridgehead atoms. The fourth-order valence-electron chi connectivity index (χ4n) is 2.42. The summed E-state index contributed by atoms with van der Waals surface area (Å²) < 4.78 is 6.98. The Kier molecular flexibility index (Phi) is 5.59. The molecule has 0 heterocycles. The average Bonchev–Trinajstić information content (AvgIpc) is 3.37. The minimum Gasteiger partial charge on any atom is -0.488 e. The average molecular weight is 397 g/mol. The number of benzene rings is 2. The first-order valence-corrected chi connectivity index (χ1v) is 8.85. The molecule has 5 heteroatoms. The molecule has 23 heavy (non-hydrogen) atoms. The molecule has 0 aromatic heterocycles. The van der Waals surface area contributed by atoms with E-state index in [0.717, 1.165) is 33.5 Å². The van der Waals surface area contributed by atoms with E-state index in [4.69, 9.17) is 16.3 Å². The van der Waals surface area contributed by atoms with Crippen LogP contribution in [0.2, 0.25) is 5.02 Å². The van der Waals surface area contributed by atoms with Gasteiger partial charge in [0.25, 0.3) is 0 Å². The van der Waals surface area contributed by atoms with E-state index in [1.165, 1.54) is 12.8 Å². The Morgan fingerprint density at radius 2 is 1.87 bits per heavy atom. The molecule has 122 valence electrons. The summed E-state index contributed by atoms with van der Waals surface area (Å²) in [5.74, 6) is 0.763. The van der Waals surface area contributed by atoms with Gasteiger partial charge in [-0.25, -0.2) is 0 Å². The Hall–Kier alpha value is -1.07. The van der Waals surface area contributed by atoms with Crippen molar-refractivity contribution in [2.75, 3.05) is 0 Å². The molecule has 0 radical (unpaired) electrons. The summed E-state index contributed by atoms with van der Waals surface area (Å²) in [7, 11) is 0. The second kappa shape index (κ2) is 7.67. The van der Waals surface area contributed by atoms with E-state index in [1.807, 2.05) is 36.4 Å². The van der Waals surface area contributed by atoms with Gasteiger partial charge >= 0.3 is 0 Å². The molecule has 0 amide bonds. The lowest BCUT2D eigenvalue weighted by Crippen LogP contribution is -2.16. The molecular weight excluding hydrogens is 378 g/mol. The topological polar surface area (TPSA) is 41.5 Å². The molecule has 0 atom stereocenters. The minimum absolute atomic E-state index is 0.0498. The predicted molar refractivity (Wildman–Crippen MR) is 95.7 cm³/mol. The quantitative estimate of drug-likeness (QED) is 0.727. The van der Waals surface area contributed by atoms with Crippen LogP contribution in [0.5, 0.6) is 5.75 Å². The van der Waals surface area contributed by atoms with Gasteiger partial charge in [0, 0.05) is 33.2 Å². The zero-order chi connectivity index (χ0) is 16.2. The molecule has 1 aliphatic rings. The maximum absolute atomic E-state index is 9.65. The summed E-state index contributed by atoms with van der Waals surface area (Å²) in [6.45, 7) is 1.14. The summed E-state index contributed by atoms with van der Waals surface area (Å²) in [5.41, 5.74) is 2.90. The highest BCUT2D eigenvalue weighted by atomic mass is 79.9. The van der Waals surface area contributed by atoms with Crippen LogP contribution in [0.3, 0.4) is 0 Å². The highest BCUT2D eigenvalue weighted by molar-refractivity contribution is 9.10. The summed E-state index contributed by atoms with van der Waals surface area (Å²) in [5, 5.41) is 13.9. The molecular formula is C18H19BrClNO2. The van der Waals surface area contributed by atoms with Gasteiger partial charge in [0.15, 0.2) is 0 Å². The van der Waals surface area contributed by atoms with Crippen molar-refractivity contribution in [3.63, 3.8) is 0 Å². The number of aliphatic hydroxyl groups excluding tert-OH is 1. The molecule has 0 spiro atoms. The lowest BCUT2D eigenvalue weighted by atomic mass is 10.1. The van der Waals surface area contributed by atoms with Crippen molar-refractivity contribution in [2.45, 2.75) is 38.6 Å². The van der Waals surface area contributed by atoms with Crippen molar-refractivity contribution in [3.8, 4) is 5.75 Å². The fourth-order valence-corrected chi connectivity index (χ4v) is 3.10. The lowest BCUT2D eigenvalue weighted by molar-refractivity contribution is 0.257. The smallest absolute Gasteiger partial charge is 0.129 e. The van der Waals surface area contributed by atoms with Crippen LogP contribution in [0.1, 0.15) is 29.5 Å². The van der Waals surface area contributed by atoms with Gasteiger partial charge in [0.05, 0.1) is 6.61 Å². The summed E-state index contributed by atoms with van der Waals surface area (Å²) in [6.07, 6.45) is 2.48. The third-order valence-electron chi connectivity index (χ3n) is 3.83. The van der Waals surface area contributed by atoms with E-state index in [2.05, 4.69) is 21.2 Å². The number of ether oxygens (including phenoxy) is 1. The number of halogens is 2. The number of aliphatic hydroxyl groups is 1. The first kappa shape index (κ1) is 16.8. The molecule has 3 nitrogen and oxygen atoms in total. The van der Waals surface area contributed by atoms with Crippen LogP contribution < -0.4 is 10.1 Å². The molecule has 0 unspecified atom stereocenters. The number of hydrogen-bond acceptors (Lipinski definition) is 3. The second-order valence-corrected chi connectivity index (χ2v) is 7.13. The third kappa shape index (κ3) is 4.70. The van der Waals surface area contributed by atoms with Crippen molar-refractivity contribution in [2.24, 2.45) is 0 Å². The molecule has 2 N–H and O–H groups in total. The Labute approximate surface area is 149 Å². The monoisotopic (exact) mass is 395 g/mol. The van der Waals surface area contributed by atoms with E-state index in [9.17, 15) is 5.11 Å². The van der Waals surface area contributed by atoms with Crippen LogP contribution in [-0.2, 0) is 19.8 Å². The van der Waals surface area contributed by atoms with Crippen molar-refractivity contribution in [3.05, 3.63) is 62.6 Å². The maximum Gasteiger partial charge on any atom is 0.129 e. The zero-order valence-corrected chi connectivity index (χ0v) is 15.0. The minimum atomic E-state index is -0.0498. The highest BCUT2D eigenvalue weighted by Crippen LogP contribution is 2.31. The summed E-state index contributed by atoms with van der Waals surface area (Å²) in [6, 6.07) is 12.2. The van der Waals surface area contributed by atoms with Crippen LogP contribution in [0.4, 0.5) is 0 Å². The van der Waals surface area contributed by atoms with Crippen LogP contribution >= 0.6 is 27.5 Å². The van der Waals surface area contributed by atoms with Crippen LogP contribution in [0.15, 0.2) is 40.9 Å². The Morgan fingerprint density at radius 1 is 1.17 bits per heavy atom. The number of nitrogens with one attached hydrogen (secondary N) is 1. The first-order chi connectivity index (χ1) is 11.2. The van der Waals surface area contributed by atoms with Crippen molar-refractivity contribution >= 4 is 27.5 Å². The SMILES string of the molecule is OCc1cc(Br)cc(CNC2CC2)c1OCc1ccc(Cl)cc1. The van der Waals surface area contributed by atoms with E-state index in [0.29, 0.717) is 17.7 Å². The van der Waals surface area contributed by atoms with Gasteiger partial charge < -0.3 is 15.2 Å². The van der Waals surface area contributed by atoms with E-state index in [-0.39, 0.29) is 6.61 Å². The Bertz CT molecular complexity index is 671. The molecule has 0 aliphatic heterocycles. The van der Waals surface area contributed by atoms with Crippen molar-refractivity contribution < 1.29 is 9.84 Å². The van der Waals surface area contributed by atoms with Gasteiger partial charge in [-0.1, -0.05) is 39.7 Å². The van der Waals surface area contributed by atoms with Crippen LogP contribution in [-0.4, -0.2) is 11.1 Å². The molecule has 2 aromatic rings. The lowest BCUT2D eigenvalue weighted by Gasteiger charge is -2.16. The molecule has 1 aliphatic carbocycles. The number of rotatable bonds is 7. The van der Waals surface area contributed by atoms with Gasteiger partial charge in [-0.05, 0) is 42.7 Å². The molecule has 2 aromatic carbocycles. The first-order valence-electron chi connectivity index (χ1n) is 7.68. The normalized spacial score (nSPS) is 14.0. The Morgan fingerprint density at radius 3 is 2.52 bits per heavy atom. The molecule has 0 saturated heterocycles. The van der Waals surface area contributed by atoms with Crippen LogP contribution in [0.25, 0.3) is 0 Å². The Balaban J connectivity index is 1.77. The standard InChI is InChI=1S/C18H19BrClNO2/c19-15-7-13(9-21-17-5-6-17)18(14(8-15)10-22)23-11-12-1-3-16(20)4-2-12/h1-4,7-8,17,21-22H,5-6,9-11H2. The molecule has 1 saturated carbocycles. The van der Waals surface area contributed by atoms with Gasteiger partial charge in [-0.2, -0.15) is 0 Å². The van der Waals surface area contributed by atoms with E-state index >= 15 is 0 Å². The van der Waals surface area contributed by atoms with Gasteiger partial charge in [-0.3, -0.25) is 0 Å². The third-order valence-corrected chi connectivity index (χ3v) is 4.54. The van der Waals surface area contributed by atoms with Gasteiger partial charge in [0.2, 0.25) is 0 Å². The second-order valence-electron chi connectivity index (χ2n) is 5.78. The molecule has 1 fully saturated rings. The van der Waals surface area contributed by atoms with Crippen molar-refractivity contribution in [1.29, 1.82) is 0 Å². The fraction of sp³-hybridized carbons (Fsp3) is 0.333. The summed E-state index contributed by atoms with van der Waals surface area (Å²) >= 11 is 9.41. The summed E-state index contributed by atoms with van der Waals surface area (Å²) in [4.78, 5) is 0. The van der Waals surface area contributed by atoms with E-state index in [1.54, 1.807) is 0 Å². The van der Waals surface area contributed by atoms with E-state index < -0.39 is 0 Å².